The zero-order valence-corrected chi connectivity index (χ0v) is 14.8. The van der Waals surface area contributed by atoms with Gasteiger partial charge in [-0.05, 0) is 58.9 Å². The molecule has 0 radical (unpaired) electrons. The van der Waals surface area contributed by atoms with Crippen LogP contribution in [0.25, 0.3) is 11.4 Å². The Kier molecular flexibility index (Phi) is 4.15. The zero-order chi connectivity index (χ0) is 15.0. The van der Waals surface area contributed by atoms with Crippen molar-refractivity contribution in [3.8, 4) is 11.4 Å². The third-order valence-corrected chi connectivity index (χ3v) is 4.92. The summed E-state index contributed by atoms with van der Waals surface area (Å²) in [4.78, 5) is 9.51. The molecule has 0 bridgehead atoms. The van der Waals surface area contributed by atoms with Gasteiger partial charge in [-0.2, -0.15) is 0 Å². The van der Waals surface area contributed by atoms with Crippen molar-refractivity contribution in [2.24, 2.45) is 0 Å². The molecule has 1 aliphatic rings. The molecule has 0 amide bonds. The third-order valence-electron chi connectivity index (χ3n) is 3.85. The minimum absolute atomic E-state index is 0.386. The second-order valence-electron chi connectivity index (χ2n) is 5.90. The molecule has 1 saturated carbocycles. The van der Waals surface area contributed by atoms with Crippen molar-refractivity contribution in [3.63, 3.8) is 0 Å². The van der Waals surface area contributed by atoms with Crippen molar-refractivity contribution in [1.82, 2.24) is 9.97 Å². The predicted octanol–water partition coefficient (Wildman–Crippen LogP) is 4.79. The quantitative estimate of drug-likeness (QED) is 0.759. The topological polar surface area (TPSA) is 37.8 Å². The lowest BCUT2D eigenvalue weighted by molar-refractivity contribution is 0.809. The Hall–Kier alpha value is -1.17. The van der Waals surface area contributed by atoms with E-state index in [0.29, 0.717) is 5.92 Å². The van der Waals surface area contributed by atoms with E-state index in [1.807, 2.05) is 7.05 Å². The molecule has 0 saturated heterocycles. The smallest absolute Gasteiger partial charge is 0.161 e. The van der Waals surface area contributed by atoms with Crippen LogP contribution in [0.4, 0.5) is 5.82 Å². The fourth-order valence-corrected chi connectivity index (χ4v) is 3.62. The fourth-order valence-electron chi connectivity index (χ4n) is 2.49. The highest BCUT2D eigenvalue weighted by atomic mass is 127. The number of hydrogen-bond acceptors (Lipinski definition) is 3. The van der Waals surface area contributed by atoms with Crippen LogP contribution >= 0.6 is 22.6 Å². The molecule has 0 atom stereocenters. The molecular weight excluding hydrogens is 373 g/mol. The molecule has 4 heteroatoms. The molecule has 1 heterocycles. The summed E-state index contributed by atoms with van der Waals surface area (Å²) >= 11 is 2.33. The summed E-state index contributed by atoms with van der Waals surface area (Å²) in [6, 6.07) is 8.70. The summed E-state index contributed by atoms with van der Waals surface area (Å²) in [5.41, 5.74) is 3.66. The molecule has 21 heavy (non-hydrogen) atoms. The number of benzene rings is 1. The maximum atomic E-state index is 4.81. The molecule has 3 nitrogen and oxygen atoms in total. The second-order valence-corrected chi connectivity index (χ2v) is 6.98. The second kappa shape index (κ2) is 5.91. The predicted molar refractivity (Wildman–Crippen MR) is 95.8 cm³/mol. The number of halogens is 1. The van der Waals surface area contributed by atoms with Gasteiger partial charge in [-0.15, -0.1) is 0 Å². The highest BCUT2D eigenvalue weighted by molar-refractivity contribution is 14.1. The van der Waals surface area contributed by atoms with Crippen LogP contribution in [0.2, 0.25) is 0 Å². The summed E-state index contributed by atoms with van der Waals surface area (Å²) in [7, 11) is 1.92. The molecule has 1 aliphatic carbocycles. The van der Waals surface area contributed by atoms with E-state index in [-0.39, 0.29) is 0 Å². The highest BCUT2D eigenvalue weighted by Crippen LogP contribution is 2.41. The van der Waals surface area contributed by atoms with E-state index in [2.05, 4.69) is 66.0 Å². The Morgan fingerprint density at radius 3 is 2.62 bits per heavy atom. The number of rotatable bonds is 4. The Morgan fingerprint density at radius 1 is 1.24 bits per heavy atom. The van der Waals surface area contributed by atoms with E-state index in [1.165, 1.54) is 18.4 Å². The van der Waals surface area contributed by atoms with Crippen LogP contribution in [0.5, 0.6) is 0 Å². The van der Waals surface area contributed by atoms with Gasteiger partial charge in [0, 0.05) is 12.6 Å². The zero-order valence-electron chi connectivity index (χ0n) is 12.7. The standard InChI is InChI=1S/C17H20IN3/c1-10(2)15-14(18)17(19-3)21-16(20-15)13-6-4-5-12(9-13)11-7-8-11/h4-6,9-11H,7-8H2,1-3H3,(H,19,20,21). The van der Waals surface area contributed by atoms with Gasteiger partial charge in [-0.1, -0.05) is 32.0 Å². The van der Waals surface area contributed by atoms with Crippen LogP contribution in [0.3, 0.4) is 0 Å². The summed E-state index contributed by atoms with van der Waals surface area (Å²) in [5.74, 6) is 2.88. The average molecular weight is 393 g/mol. The number of aromatic nitrogens is 2. The van der Waals surface area contributed by atoms with Gasteiger partial charge < -0.3 is 5.32 Å². The van der Waals surface area contributed by atoms with Crippen LogP contribution in [0, 0.1) is 3.57 Å². The maximum absolute atomic E-state index is 4.81. The van der Waals surface area contributed by atoms with Crippen molar-refractivity contribution in [1.29, 1.82) is 0 Å². The van der Waals surface area contributed by atoms with Gasteiger partial charge in [-0.25, -0.2) is 9.97 Å². The van der Waals surface area contributed by atoms with Crippen molar-refractivity contribution in [2.75, 3.05) is 12.4 Å². The van der Waals surface area contributed by atoms with Gasteiger partial charge >= 0.3 is 0 Å². The highest BCUT2D eigenvalue weighted by Gasteiger charge is 2.24. The molecule has 110 valence electrons. The van der Waals surface area contributed by atoms with Crippen molar-refractivity contribution in [2.45, 2.75) is 38.5 Å². The lowest BCUT2D eigenvalue weighted by atomic mass is 10.1. The van der Waals surface area contributed by atoms with Gasteiger partial charge in [0.25, 0.3) is 0 Å². The van der Waals surface area contributed by atoms with Gasteiger partial charge in [0.2, 0.25) is 0 Å². The van der Waals surface area contributed by atoms with Crippen LogP contribution in [0.15, 0.2) is 24.3 Å². The van der Waals surface area contributed by atoms with Crippen LogP contribution in [0.1, 0.15) is 49.8 Å². The molecule has 2 aromatic rings. The summed E-state index contributed by atoms with van der Waals surface area (Å²) in [6.45, 7) is 4.35. The molecule has 0 spiro atoms. The molecule has 0 unspecified atom stereocenters. The van der Waals surface area contributed by atoms with Crippen LogP contribution in [-0.4, -0.2) is 17.0 Å². The van der Waals surface area contributed by atoms with Crippen molar-refractivity contribution < 1.29 is 0 Å². The molecule has 0 aliphatic heterocycles. The van der Waals surface area contributed by atoms with E-state index in [9.17, 15) is 0 Å². The largest absolute Gasteiger partial charge is 0.372 e. The van der Waals surface area contributed by atoms with E-state index < -0.39 is 0 Å². The van der Waals surface area contributed by atoms with Gasteiger partial charge in [-0.3, -0.25) is 0 Å². The first-order chi connectivity index (χ1) is 10.1. The SMILES string of the molecule is CNc1nc(-c2cccc(C3CC3)c2)nc(C(C)C)c1I. The Labute approximate surface area is 139 Å². The molecule has 1 aromatic heterocycles. The lowest BCUT2D eigenvalue weighted by Gasteiger charge is -2.14. The minimum Gasteiger partial charge on any atom is -0.372 e. The van der Waals surface area contributed by atoms with E-state index in [0.717, 1.165) is 32.4 Å². The first-order valence-corrected chi connectivity index (χ1v) is 8.53. The number of hydrogen-bond donors (Lipinski definition) is 1. The minimum atomic E-state index is 0.386. The third kappa shape index (κ3) is 3.05. The first kappa shape index (κ1) is 14.8. The van der Waals surface area contributed by atoms with Crippen molar-refractivity contribution in [3.05, 3.63) is 39.1 Å². The van der Waals surface area contributed by atoms with E-state index in [1.54, 1.807) is 0 Å². The number of anilines is 1. The van der Waals surface area contributed by atoms with Crippen LogP contribution in [-0.2, 0) is 0 Å². The van der Waals surface area contributed by atoms with Gasteiger partial charge in [0.1, 0.15) is 5.82 Å². The van der Waals surface area contributed by atoms with E-state index in [4.69, 9.17) is 9.97 Å². The fraction of sp³-hybridized carbons (Fsp3) is 0.412. The average Bonchev–Trinajstić information content (AvgIpc) is 3.32. The molecular formula is C17H20IN3. The first-order valence-electron chi connectivity index (χ1n) is 7.45. The molecule has 1 N–H and O–H groups in total. The van der Waals surface area contributed by atoms with Crippen LogP contribution < -0.4 is 5.32 Å². The Morgan fingerprint density at radius 2 is 2.00 bits per heavy atom. The summed E-state index contributed by atoms with van der Waals surface area (Å²) in [5, 5.41) is 3.19. The molecule has 1 aromatic carbocycles. The lowest BCUT2D eigenvalue weighted by Crippen LogP contribution is -2.06. The number of nitrogens with zero attached hydrogens (tertiary/aromatic N) is 2. The molecule has 3 rings (SSSR count). The molecule has 1 fully saturated rings. The maximum Gasteiger partial charge on any atom is 0.161 e. The van der Waals surface area contributed by atoms with Gasteiger partial charge in [0.05, 0.1) is 9.26 Å². The Bertz CT molecular complexity index is 663. The normalized spacial score (nSPS) is 14.5. The number of nitrogens with one attached hydrogen (secondary N) is 1. The van der Waals surface area contributed by atoms with E-state index >= 15 is 0 Å². The summed E-state index contributed by atoms with van der Waals surface area (Å²) in [6.07, 6.45) is 2.63. The van der Waals surface area contributed by atoms with Gasteiger partial charge in [0.15, 0.2) is 5.82 Å². The Balaban J connectivity index is 2.08. The monoisotopic (exact) mass is 393 g/mol. The summed E-state index contributed by atoms with van der Waals surface area (Å²) < 4.78 is 1.12. The van der Waals surface area contributed by atoms with Crippen molar-refractivity contribution >= 4 is 28.4 Å².